The van der Waals surface area contributed by atoms with Crippen molar-refractivity contribution in [2.24, 2.45) is 0 Å². The van der Waals surface area contributed by atoms with Gasteiger partial charge in [-0.2, -0.15) is 10.2 Å². The summed E-state index contributed by atoms with van der Waals surface area (Å²) in [6, 6.07) is -0.394. The number of carbonyl (C=O) groups excluding carboxylic acids is 1. The second-order valence-corrected chi connectivity index (χ2v) is 5.45. The summed E-state index contributed by atoms with van der Waals surface area (Å²) in [6.07, 6.45) is 6.41. The van der Waals surface area contributed by atoms with E-state index >= 15 is 0 Å². The summed E-state index contributed by atoms with van der Waals surface area (Å²) >= 11 is 5.80. The van der Waals surface area contributed by atoms with E-state index < -0.39 is 6.04 Å². The molecule has 2 aromatic heterocycles. The van der Waals surface area contributed by atoms with Crippen molar-refractivity contribution in [1.82, 2.24) is 25.3 Å². The van der Waals surface area contributed by atoms with Gasteiger partial charge in [0, 0.05) is 11.9 Å². The average molecular weight is 294 g/mol. The maximum atomic E-state index is 12.1. The van der Waals surface area contributed by atoms with Crippen LogP contribution in [-0.2, 0) is 24.2 Å². The monoisotopic (exact) mass is 293 g/mol. The Morgan fingerprint density at radius 3 is 3.20 bits per heavy atom. The van der Waals surface area contributed by atoms with Gasteiger partial charge in [0.1, 0.15) is 6.04 Å². The van der Waals surface area contributed by atoms with Gasteiger partial charge in [0.05, 0.1) is 23.5 Å². The topological polar surface area (TPSA) is 75.6 Å². The first-order chi connectivity index (χ1) is 9.65. The highest BCUT2D eigenvalue weighted by Crippen LogP contribution is 2.22. The smallest absolute Gasteiger partial charge is 0.244 e. The summed E-state index contributed by atoms with van der Waals surface area (Å²) in [5, 5.41) is 14.8. The SMILES string of the molecule is C[C@H](C(=O)NCc1n[nH]c2c1CCC2)n1cc(Cl)cn1. The van der Waals surface area contributed by atoms with Crippen LogP contribution in [0.3, 0.4) is 0 Å². The second kappa shape index (κ2) is 5.28. The third kappa shape index (κ3) is 2.43. The first-order valence-electron chi connectivity index (χ1n) is 6.67. The van der Waals surface area contributed by atoms with E-state index in [2.05, 4.69) is 20.6 Å². The summed E-state index contributed by atoms with van der Waals surface area (Å²) < 4.78 is 1.55. The highest BCUT2D eigenvalue weighted by molar-refractivity contribution is 6.30. The van der Waals surface area contributed by atoms with Crippen LogP contribution < -0.4 is 5.32 Å². The normalized spacial score (nSPS) is 15.1. The lowest BCUT2D eigenvalue weighted by molar-refractivity contribution is -0.124. The van der Waals surface area contributed by atoms with Crippen molar-refractivity contribution >= 4 is 17.5 Å². The molecular formula is C13H16ClN5O. The molecule has 2 heterocycles. The number of H-pyrrole nitrogens is 1. The molecule has 1 atom stereocenters. The molecule has 2 aromatic rings. The van der Waals surface area contributed by atoms with Crippen LogP contribution in [-0.4, -0.2) is 25.9 Å². The minimum Gasteiger partial charge on any atom is -0.349 e. The van der Waals surface area contributed by atoms with Crippen molar-refractivity contribution in [1.29, 1.82) is 0 Å². The molecule has 1 aliphatic rings. The maximum absolute atomic E-state index is 12.1. The minimum absolute atomic E-state index is 0.0977. The Hall–Kier alpha value is -1.82. The molecule has 0 radical (unpaired) electrons. The summed E-state index contributed by atoms with van der Waals surface area (Å²) in [4.78, 5) is 12.1. The fourth-order valence-electron chi connectivity index (χ4n) is 2.50. The van der Waals surface area contributed by atoms with Crippen LogP contribution in [0.15, 0.2) is 12.4 Å². The Labute approximate surface area is 121 Å². The zero-order chi connectivity index (χ0) is 14.1. The van der Waals surface area contributed by atoms with Gasteiger partial charge in [0.2, 0.25) is 5.91 Å². The van der Waals surface area contributed by atoms with Crippen molar-refractivity contribution in [2.75, 3.05) is 0 Å². The molecule has 0 spiro atoms. The molecule has 106 valence electrons. The van der Waals surface area contributed by atoms with Crippen LogP contribution in [0.4, 0.5) is 0 Å². The fraction of sp³-hybridized carbons (Fsp3) is 0.462. The number of rotatable bonds is 4. The van der Waals surface area contributed by atoms with Gasteiger partial charge < -0.3 is 5.32 Å². The van der Waals surface area contributed by atoms with Crippen molar-refractivity contribution in [3.63, 3.8) is 0 Å². The van der Waals surface area contributed by atoms with Gasteiger partial charge >= 0.3 is 0 Å². The molecular weight excluding hydrogens is 278 g/mol. The summed E-state index contributed by atoms with van der Waals surface area (Å²) in [5.41, 5.74) is 3.41. The fourth-order valence-corrected chi connectivity index (χ4v) is 2.64. The lowest BCUT2D eigenvalue weighted by Gasteiger charge is -2.12. The van der Waals surface area contributed by atoms with Crippen molar-refractivity contribution in [3.8, 4) is 0 Å². The molecule has 0 aliphatic heterocycles. The number of aryl methyl sites for hydroxylation is 1. The van der Waals surface area contributed by atoms with Crippen molar-refractivity contribution in [2.45, 2.75) is 38.8 Å². The number of hydrogen-bond donors (Lipinski definition) is 2. The molecule has 0 saturated carbocycles. The standard InChI is InChI=1S/C13H16ClN5O/c1-8(19-7-9(14)5-16-19)13(20)15-6-12-10-3-2-4-11(10)17-18-12/h5,7-8H,2-4,6H2,1H3,(H,15,20)(H,17,18)/t8-/m1/s1. The predicted octanol–water partition coefficient (Wildman–Crippen LogP) is 1.63. The number of nitrogens with one attached hydrogen (secondary N) is 2. The number of nitrogens with zero attached hydrogens (tertiary/aromatic N) is 3. The number of fused-ring (bicyclic) bond motifs is 1. The molecule has 0 unspecified atom stereocenters. The number of aromatic nitrogens is 4. The van der Waals surface area contributed by atoms with Crippen LogP contribution in [0, 0.1) is 0 Å². The lowest BCUT2D eigenvalue weighted by atomic mass is 10.2. The zero-order valence-electron chi connectivity index (χ0n) is 11.2. The lowest BCUT2D eigenvalue weighted by Crippen LogP contribution is -2.31. The summed E-state index contributed by atoms with van der Waals surface area (Å²) in [7, 11) is 0. The molecule has 1 amide bonds. The molecule has 6 nitrogen and oxygen atoms in total. The highest BCUT2D eigenvalue weighted by atomic mass is 35.5. The first kappa shape index (κ1) is 13.2. The first-order valence-corrected chi connectivity index (χ1v) is 7.05. The Morgan fingerprint density at radius 1 is 1.60 bits per heavy atom. The Bertz CT molecular complexity index is 632. The molecule has 3 rings (SSSR count). The van der Waals surface area contributed by atoms with Crippen molar-refractivity contribution in [3.05, 3.63) is 34.4 Å². The van der Waals surface area contributed by atoms with Crippen LogP contribution in [0.1, 0.15) is 36.3 Å². The van der Waals surface area contributed by atoms with E-state index in [4.69, 9.17) is 11.6 Å². The van der Waals surface area contributed by atoms with Crippen LogP contribution in [0.5, 0.6) is 0 Å². The third-order valence-corrected chi connectivity index (χ3v) is 3.86. The quantitative estimate of drug-likeness (QED) is 0.899. The van der Waals surface area contributed by atoms with E-state index in [-0.39, 0.29) is 5.91 Å². The Morgan fingerprint density at radius 2 is 2.45 bits per heavy atom. The zero-order valence-corrected chi connectivity index (χ0v) is 11.9. The largest absolute Gasteiger partial charge is 0.349 e. The van der Waals surface area contributed by atoms with Crippen molar-refractivity contribution < 1.29 is 4.79 Å². The van der Waals surface area contributed by atoms with Crippen LogP contribution in [0.25, 0.3) is 0 Å². The number of halogens is 1. The van der Waals surface area contributed by atoms with E-state index in [1.54, 1.807) is 17.8 Å². The van der Waals surface area contributed by atoms with E-state index in [9.17, 15) is 4.79 Å². The van der Waals surface area contributed by atoms with E-state index in [0.29, 0.717) is 11.6 Å². The average Bonchev–Trinajstić information content (AvgIpc) is 3.11. The Balaban J connectivity index is 1.62. The van der Waals surface area contributed by atoms with Crippen LogP contribution >= 0.6 is 11.6 Å². The molecule has 0 aromatic carbocycles. The van der Waals surface area contributed by atoms with Gasteiger partial charge in [-0.05, 0) is 31.7 Å². The summed E-state index contributed by atoms with van der Waals surface area (Å²) in [5.74, 6) is -0.0977. The number of hydrogen-bond acceptors (Lipinski definition) is 3. The summed E-state index contributed by atoms with van der Waals surface area (Å²) in [6.45, 7) is 2.23. The molecule has 20 heavy (non-hydrogen) atoms. The van der Waals surface area contributed by atoms with E-state index in [0.717, 1.165) is 25.0 Å². The minimum atomic E-state index is -0.394. The van der Waals surface area contributed by atoms with Gasteiger partial charge in [-0.1, -0.05) is 11.6 Å². The molecule has 7 heteroatoms. The van der Waals surface area contributed by atoms with Gasteiger partial charge in [-0.25, -0.2) is 0 Å². The Kier molecular flexibility index (Phi) is 3.48. The second-order valence-electron chi connectivity index (χ2n) is 5.01. The van der Waals surface area contributed by atoms with Gasteiger partial charge in [0.15, 0.2) is 0 Å². The van der Waals surface area contributed by atoms with Gasteiger partial charge in [-0.15, -0.1) is 0 Å². The molecule has 0 saturated heterocycles. The van der Waals surface area contributed by atoms with Crippen LogP contribution in [0.2, 0.25) is 5.02 Å². The van der Waals surface area contributed by atoms with E-state index in [1.807, 2.05) is 0 Å². The number of carbonyl (C=O) groups is 1. The maximum Gasteiger partial charge on any atom is 0.244 e. The van der Waals surface area contributed by atoms with Gasteiger partial charge in [-0.3, -0.25) is 14.6 Å². The molecule has 0 fully saturated rings. The molecule has 1 aliphatic carbocycles. The predicted molar refractivity (Wildman–Crippen MR) is 74.4 cm³/mol. The number of amides is 1. The third-order valence-electron chi connectivity index (χ3n) is 3.67. The molecule has 2 N–H and O–H groups in total. The number of aromatic amines is 1. The molecule has 0 bridgehead atoms. The van der Waals surface area contributed by atoms with Gasteiger partial charge in [0.25, 0.3) is 0 Å². The van der Waals surface area contributed by atoms with E-state index in [1.165, 1.54) is 17.5 Å². The highest BCUT2D eigenvalue weighted by Gasteiger charge is 2.20.